The number of aliphatic hydroxyl groups excluding tert-OH is 1. The Hall–Kier alpha value is -3.31. The van der Waals surface area contributed by atoms with Crippen LogP contribution in [0.15, 0.2) is 71.7 Å². The Labute approximate surface area is 204 Å². The maximum absolute atomic E-state index is 12.8. The molecule has 0 aliphatic carbocycles. The summed E-state index contributed by atoms with van der Waals surface area (Å²) in [5, 5.41) is 10.7. The van der Waals surface area contributed by atoms with Crippen molar-refractivity contribution in [3.8, 4) is 5.88 Å². The molecule has 2 saturated heterocycles. The number of esters is 1. The molecule has 3 heterocycles. The van der Waals surface area contributed by atoms with E-state index in [0.717, 1.165) is 11.8 Å². The first kappa shape index (κ1) is 23.4. The first-order valence-electron chi connectivity index (χ1n) is 10.9. The van der Waals surface area contributed by atoms with E-state index in [-0.39, 0.29) is 23.4 Å². The summed E-state index contributed by atoms with van der Waals surface area (Å²) < 4.78 is 18.4. The second-order valence-electron chi connectivity index (χ2n) is 8.41. The topological polar surface area (TPSA) is 117 Å². The van der Waals surface area contributed by atoms with E-state index in [0.29, 0.717) is 16.7 Å². The van der Waals surface area contributed by atoms with Crippen molar-refractivity contribution in [2.45, 2.75) is 31.0 Å². The molecule has 2 aliphatic rings. The van der Waals surface area contributed by atoms with E-state index >= 15 is 0 Å². The van der Waals surface area contributed by atoms with Crippen molar-refractivity contribution in [2.24, 2.45) is 0 Å². The number of hydrogen-bond acceptors (Lipinski definition) is 9. The van der Waals surface area contributed by atoms with Crippen molar-refractivity contribution in [1.82, 2.24) is 9.55 Å². The molecule has 1 N–H and O–H groups in total. The Morgan fingerprint density at radius 1 is 1.14 bits per heavy atom. The van der Waals surface area contributed by atoms with Crippen molar-refractivity contribution in [3.63, 3.8) is 0 Å². The van der Waals surface area contributed by atoms with Crippen molar-refractivity contribution in [1.29, 1.82) is 0 Å². The van der Waals surface area contributed by atoms with E-state index in [1.807, 2.05) is 6.07 Å². The zero-order valence-corrected chi connectivity index (χ0v) is 19.5. The van der Waals surface area contributed by atoms with Gasteiger partial charge >= 0.3 is 11.7 Å². The molecule has 35 heavy (non-hydrogen) atoms. The minimum Gasteiger partial charge on any atom is -0.403 e. The van der Waals surface area contributed by atoms with Gasteiger partial charge in [-0.2, -0.15) is 4.98 Å². The molecule has 2 aromatic carbocycles. The lowest BCUT2D eigenvalue weighted by Crippen LogP contribution is -2.44. The lowest BCUT2D eigenvalue weighted by Gasteiger charge is -2.30. The van der Waals surface area contributed by atoms with Gasteiger partial charge in [-0.25, -0.2) is 9.59 Å². The van der Waals surface area contributed by atoms with Crippen LogP contribution in [0.4, 0.5) is 0 Å². The van der Waals surface area contributed by atoms with Crippen LogP contribution < -0.4 is 10.4 Å². The van der Waals surface area contributed by atoms with Crippen LogP contribution in [0, 0.1) is 6.92 Å². The highest BCUT2D eigenvalue weighted by Gasteiger charge is 2.62. The quantitative estimate of drug-likeness (QED) is 0.516. The van der Waals surface area contributed by atoms with Gasteiger partial charge in [-0.05, 0) is 19.1 Å². The van der Waals surface area contributed by atoms with E-state index in [4.69, 9.17) is 14.2 Å². The Kier molecular flexibility index (Phi) is 6.28. The molecule has 0 radical (unpaired) electrons. The molecule has 3 aromatic rings. The lowest BCUT2D eigenvalue weighted by molar-refractivity contribution is -0.165. The van der Waals surface area contributed by atoms with Crippen LogP contribution in [0.25, 0.3) is 0 Å². The number of carbonyl (C=O) groups excluding carboxylic acids is 2. The summed E-state index contributed by atoms with van der Waals surface area (Å²) >= 11 is 1.03. The number of aliphatic hydroxyl groups is 1. The summed E-state index contributed by atoms with van der Waals surface area (Å²) in [5.41, 5.74) is -0.559. The van der Waals surface area contributed by atoms with E-state index in [2.05, 4.69) is 4.98 Å². The van der Waals surface area contributed by atoms with Gasteiger partial charge in [0, 0.05) is 23.1 Å². The van der Waals surface area contributed by atoms with Crippen LogP contribution in [0.1, 0.15) is 32.5 Å². The Morgan fingerprint density at radius 3 is 2.49 bits per heavy atom. The summed E-state index contributed by atoms with van der Waals surface area (Å²) in [7, 11) is 0. The number of fused-ring (bicyclic) bond motifs is 2. The summed E-state index contributed by atoms with van der Waals surface area (Å²) in [5.74, 6) is -0.584. The van der Waals surface area contributed by atoms with E-state index in [1.54, 1.807) is 61.5 Å². The maximum Gasteiger partial charge on any atom is 0.353 e. The molecule has 180 valence electrons. The molecule has 2 bridgehead atoms. The summed E-state index contributed by atoms with van der Waals surface area (Å²) in [6.45, 7) is 1.74. The van der Waals surface area contributed by atoms with E-state index in [1.165, 1.54) is 10.8 Å². The summed E-state index contributed by atoms with van der Waals surface area (Å²) in [6.07, 6.45) is -1.32. The molecule has 9 nitrogen and oxygen atoms in total. The second kappa shape index (κ2) is 9.38. The molecular formula is C25H22N2O7S. The molecular weight excluding hydrogens is 472 g/mol. The average Bonchev–Trinajstić information content (AvgIpc) is 3.34. The third-order valence-electron chi connectivity index (χ3n) is 6.03. The first-order valence-corrected chi connectivity index (χ1v) is 11.9. The highest BCUT2D eigenvalue weighted by molar-refractivity contribution is 8.14. The number of carbonyl (C=O) groups is 2. The molecule has 1 aromatic heterocycles. The molecule has 1 unspecified atom stereocenters. The van der Waals surface area contributed by atoms with Crippen LogP contribution in [0.2, 0.25) is 0 Å². The number of aromatic nitrogens is 2. The normalized spacial score (nSPS) is 24.9. The average molecular weight is 495 g/mol. The van der Waals surface area contributed by atoms with Crippen LogP contribution in [0.3, 0.4) is 0 Å². The first-order chi connectivity index (χ1) is 16.9. The van der Waals surface area contributed by atoms with Crippen molar-refractivity contribution in [3.05, 3.63) is 94.0 Å². The molecule has 2 fully saturated rings. The number of hydrogen-bond donors (Lipinski definition) is 1. The predicted molar refractivity (Wildman–Crippen MR) is 126 cm³/mol. The Bertz CT molecular complexity index is 1310. The van der Waals surface area contributed by atoms with Gasteiger partial charge in [-0.15, -0.1) is 0 Å². The van der Waals surface area contributed by atoms with Crippen LogP contribution >= 0.6 is 11.8 Å². The number of nitrogens with zero attached hydrogens (tertiary/aromatic N) is 2. The zero-order valence-electron chi connectivity index (χ0n) is 18.7. The standard InChI is InChI=1S/C25H22N2O7S/c1-15-12-27(24(31)26-20(15)33-22(29)16-8-4-2-5-9-16)21-18-19(28)25(34-21,13-32-18)14-35-23(30)17-10-6-3-7-11-17/h2-12,18-19,21,28H,13-14H2,1H3/t18-,19?,21+,25+/m0/s1. The van der Waals surface area contributed by atoms with Crippen LogP contribution in [-0.2, 0) is 9.47 Å². The SMILES string of the molecule is Cc1cn([C@@H]2O[C@@]3(CSC(=O)c4ccccc4)CO[C@H]2C3O)c(=O)nc1OC(=O)c1ccccc1. The molecule has 0 saturated carbocycles. The molecule has 5 rings (SSSR count). The number of benzene rings is 2. The molecule has 2 aliphatic heterocycles. The van der Waals surface area contributed by atoms with Gasteiger partial charge in [0.25, 0.3) is 0 Å². The zero-order chi connectivity index (χ0) is 24.6. The fraction of sp³-hybridized carbons (Fsp3) is 0.280. The highest BCUT2D eigenvalue weighted by Crippen LogP contribution is 2.46. The van der Waals surface area contributed by atoms with Gasteiger partial charge in [0.1, 0.15) is 17.8 Å². The minimum absolute atomic E-state index is 0.0956. The smallest absolute Gasteiger partial charge is 0.353 e. The number of thioether (sulfide) groups is 1. The van der Waals surface area contributed by atoms with Crippen molar-refractivity contribution < 1.29 is 28.9 Å². The van der Waals surface area contributed by atoms with Gasteiger partial charge in [0.15, 0.2) is 6.23 Å². The summed E-state index contributed by atoms with van der Waals surface area (Å²) in [6, 6.07) is 17.2. The third kappa shape index (κ3) is 4.41. The largest absolute Gasteiger partial charge is 0.403 e. The van der Waals surface area contributed by atoms with Gasteiger partial charge in [-0.3, -0.25) is 9.36 Å². The van der Waals surface area contributed by atoms with E-state index < -0.39 is 35.7 Å². The molecule has 4 atom stereocenters. The van der Waals surface area contributed by atoms with Crippen molar-refractivity contribution >= 4 is 22.8 Å². The molecule has 10 heteroatoms. The van der Waals surface area contributed by atoms with Gasteiger partial charge < -0.3 is 19.3 Å². The highest BCUT2D eigenvalue weighted by atomic mass is 32.2. The van der Waals surface area contributed by atoms with Gasteiger partial charge in [-0.1, -0.05) is 60.3 Å². The van der Waals surface area contributed by atoms with Gasteiger partial charge in [0.2, 0.25) is 11.0 Å². The maximum atomic E-state index is 12.8. The fourth-order valence-corrected chi connectivity index (χ4v) is 5.14. The van der Waals surface area contributed by atoms with Gasteiger partial charge in [0.05, 0.1) is 12.2 Å². The number of rotatable bonds is 6. The van der Waals surface area contributed by atoms with Crippen molar-refractivity contribution in [2.75, 3.05) is 12.4 Å². The number of ether oxygens (including phenoxy) is 3. The Morgan fingerprint density at radius 2 is 1.80 bits per heavy atom. The molecule has 0 spiro atoms. The minimum atomic E-state index is -1.14. The molecule has 0 amide bonds. The van der Waals surface area contributed by atoms with Crippen LogP contribution in [0.5, 0.6) is 5.88 Å². The second-order valence-corrected chi connectivity index (χ2v) is 9.36. The van der Waals surface area contributed by atoms with Crippen LogP contribution in [-0.4, -0.2) is 55.9 Å². The summed E-state index contributed by atoms with van der Waals surface area (Å²) in [4.78, 5) is 41.6. The number of aryl methyl sites for hydroxylation is 1. The Balaban J connectivity index is 1.32. The third-order valence-corrected chi connectivity index (χ3v) is 7.16. The predicted octanol–water partition coefficient (Wildman–Crippen LogP) is 2.37. The lowest BCUT2D eigenvalue weighted by atomic mass is 10.0. The monoisotopic (exact) mass is 494 g/mol. The fourth-order valence-electron chi connectivity index (χ4n) is 4.14. The van der Waals surface area contributed by atoms with E-state index in [9.17, 15) is 19.5 Å².